The molecule has 0 radical (unpaired) electrons. The van der Waals surface area contributed by atoms with Crippen LogP contribution in [0.1, 0.15) is 87.4 Å². The van der Waals surface area contributed by atoms with Gasteiger partial charge in [-0.1, -0.05) is 85.0 Å². The number of rotatable bonds is 3. The zero-order valence-electron chi connectivity index (χ0n) is 30.0. The van der Waals surface area contributed by atoms with Gasteiger partial charge in [0.2, 0.25) is 0 Å². The lowest BCUT2D eigenvalue weighted by Crippen LogP contribution is -2.45. The average Bonchev–Trinajstić information content (AvgIpc) is 3.55. The summed E-state index contributed by atoms with van der Waals surface area (Å²) in [5.74, 6) is 6.56. The molecule has 3 aromatic rings. The van der Waals surface area contributed by atoms with E-state index in [1.54, 1.807) is 0 Å². The Morgan fingerprint density at radius 2 is 1.54 bits per heavy atom. The lowest BCUT2D eigenvalue weighted by molar-refractivity contribution is 0.218. The van der Waals surface area contributed by atoms with Crippen LogP contribution < -0.4 is 4.74 Å². The lowest BCUT2D eigenvalue weighted by atomic mass is 9.55. The highest BCUT2D eigenvalue weighted by molar-refractivity contribution is 5.93. The Labute approximate surface area is 307 Å². The highest BCUT2D eigenvalue weighted by atomic mass is 16.5. The van der Waals surface area contributed by atoms with Crippen LogP contribution >= 0.6 is 0 Å². The summed E-state index contributed by atoms with van der Waals surface area (Å²) >= 11 is 0. The second-order valence-corrected chi connectivity index (χ2v) is 16.3. The summed E-state index contributed by atoms with van der Waals surface area (Å²) in [6.45, 7) is 0. The van der Waals surface area contributed by atoms with Crippen LogP contribution in [0, 0.1) is 23.7 Å². The third kappa shape index (κ3) is 4.57. The molecule has 0 amide bonds. The molecule has 0 saturated carbocycles. The van der Waals surface area contributed by atoms with Gasteiger partial charge in [0.1, 0.15) is 23.0 Å². The first-order chi connectivity index (χ1) is 25.8. The van der Waals surface area contributed by atoms with Crippen LogP contribution in [0.2, 0.25) is 0 Å². The van der Waals surface area contributed by atoms with E-state index in [2.05, 4.69) is 120 Å². The Kier molecular flexibility index (Phi) is 7.21. The molecule has 1 spiro atoms. The van der Waals surface area contributed by atoms with Gasteiger partial charge in [-0.25, -0.2) is 0 Å². The molecule has 52 heavy (non-hydrogen) atoms. The number of nitrogens with zero attached hydrogens (tertiary/aromatic N) is 1. The number of allylic oxidation sites excluding steroid dienone is 16. The maximum atomic E-state index is 7.11. The van der Waals surface area contributed by atoms with E-state index in [1.165, 1.54) is 87.3 Å². The fraction of sp³-hybridized carbons (Fsp3) is 0.347. The average molecular weight is 682 g/mol. The minimum atomic E-state index is -0.368. The molecule has 11 rings (SSSR count). The number of hydrogen-bond donors (Lipinski definition) is 0. The summed E-state index contributed by atoms with van der Waals surface area (Å²) in [5.41, 5.74) is 10.6. The van der Waals surface area contributed by atoms with Crippen molar-refractivity contribution in [3.63, 3.8) is 0 Å². The van der Waals surface area contributed by atoms with Gasteiger partial charge >= 0.3 is 0 Å². The Hall–Kier alpha value is -4.76. The van der Waals surface area contributed by atoms with Gasteiger partial charge < -0.3 is 14.0 Å². The zero-order valence-corrected chi connectivity index (χ0v) is 30.0. The fourth-order valence-corrected chi connectivity index (χ4v) is 11.2. The predicted molar refractivity (Wildman–Crippen MR) is 211 cm³/mol. The van der Waals surface area contributed by atoms with Gasteiger partial charge in [-0.3, -0.25) is 0 Å². The highest BCUT2D eigenvalue weighted by Gasteiger charge is 2.55. The number of aromatic nitrogens is 1. The van der Waals surface area contributed by atoms with Gasteiger partial charge in [0.25, 0.3) is 0 Å². The second-order valence-electron chi connectivity index (χ2n) is 16.3. The minimum absolute atomic E-state index is 0.362. The standard InChI is InChI=1S/C49H47NO2/c1-3-13-32(14-4-1)34-25-28-47-42(30-34)49(39-18-8-11-21-45(39)51-47)40-19-9-12-22-46(40)52-48-31-35(23-26-41(48)49)33-24-27-44-38(29-33)37-17-7-10-20-43(37)50(44)36-15-5-2-6-16-36/h3,5,7-8,10-11,13,15-24,26-27,32-35H,1-2,4,6,9,12,14,25,28-31H2. The quantitative estimate of drug-likeness (QED) is 0.257. The molecule has 0 bridgehead atoms. The number of benzene rings is 2. The molecule has 3 nitrogen and oxygen atoms in total. The van der Waals surface area contributed by atoms with Gasteiger partial charge in [-0.05, 0) is 129 Å². The van der Waals surface area contributed by atoms with Crippen LogP contribution in [0.25, 0.3) is 22.7 Å². The highest BCUT2D eigenvalue weighted by Crippen LogP contribution is 2.63. The van der Waals surface area contributed by atoms with Crippen molar-refractivity contribution < 1.29 is 9.47 Å². The van der Waals surface area contributed by atoms with Crippen molar-refractivity contribution in [3.05, 3.63) is 160 Å². The molecule has 260 valence electrons. The van der Waals surface area contributed by atoms with E-state index in [4.69, 9.17) is 9.47 Å². The first-order valence-corrected chi connectivity index (χ1v) is 20.1. The molecule has 5 atom stereocenters. The summed E-state index contributed by atoms with van der Waals surface area (Å²) in [6, 6.07) is 17.9. The van der Waals surface area contributed by atoms with Crippen LogP contribution in [-0.2, 0) is 16.6 Å². The molecular formula is C49H47NO2. The molecule has 0 fully saturated rings. The SMILES string of the molecule is C1=CC(n2c3c(c4ccccc42)CC(C2C=CC4=C(C2)OC2=CCCC=C2C42C4=C(CCC(C5C=CCCC5)C4)Oc4ccccc42)C=C3)=CCC1. The number of ether oxygens (including phenoxy) is 2. The van der Waals surface area contributed by atoms with Crippen molar-refractivity contribution in [3.8, 4) is 5.75 Å². The third-order valence-electron chi connectivity index (χ3n) is 13.5. The first-order valence-electron chi connectivity index (χ1n) is 20.1. The summed E-state index contributed by atoms with van der Waals surface area (Å²) in [4.78, 5) is 0. The lowest BCUT2D eigenvalue weighted by Gasteiger charge is -2.52. The van der Waals surface area contributed by atoms with Gasteiger partial charge in [0.05, 0.1) is 10.9 Å². The molecule has 3 heteroatoms. The van der Waals surface area contributed by atoms with Gasteiger partial charge in [0.15, 0.2) is 0 Å². The Bertz CT molecular complexity index is 2290. The van der Waals surface area contributed by atoms with E-state index in [0.717, 1.165) is 62.9 Å². The van der Waals surface area contributed by atoms with Gasteiger partial charge in [-0.2, -0.15) is 0 Å². The van der Waals surface area contributed by atoms with Crippen molar-refractivity contribution in [1.82, 2.24) is 4.57 Å². The molecule has 2 aliphatic heterocycles. The Morgan fingerprint density at radius 1 is 0.673 bits per heavy atom. The third-order valence-corrected chi connectivity index (χ3v) is 13.5. The van der Waals surface area contributed by atoms with Crippen molar-refractivity contribution in [1.29, 1.82) is 0 Å². The van der Waals surface area contributed by atoms with Crippen molar-refractivity contribution in [2.45, 2.75) is 82.5 Å². The summed E-state index contributed by atoms with van der Waals surface area (Å²) in [7, 11) is 0. The summed E-state index contributed by atoms with van der Waals surface area (Å²) < 4.78 is 16.5. The van der Waals surface area contributed by atoms with Crippen LogP contribution in [0.15, 0.2) is 143 Å². The van der Waals surface area contributed by atoms with Crippen molar-refractivity contribution in [2.75, 3.05) is 0 Å². The van der Waals surface area contributed by atoms with Crippen molar-refractivity contribution >= 4 is 22.7 Å². The van der Waals surface area contributed by atoms with E-state index >= 15 is 0 Å². The van der Waals surface area contributed by atoms with E-state index < -0.39 is 0 Å². The van der Waals surface area contributed by atoms with E-state index in [1.807, 2.05) is 0 Å². The minimum Gasteiger partial charge on any atom is -0.461 e. The number of hydrogen-bond acceptors (Lipinski definition) is 2. The first kappa shape index (κ1) is 30.8. The van der Waals surface area contributed by atoms with Crippen LogP contribution in [0.5, 0.6) is 5.75 Å². The molecular weight excluding hydrogens is 635 g/mol. The summed E-state index contributed by atoms with van der Waals surface area (Å²) in [6.07, 6.45) is 40.3. The Balaban J connectivity index is 1.01. The Morgan fingerprint density at radius 3 is 2.46 bits per heavy atom. The largest absolute Gasteiger partial charge is 0.461 e. The normalized spacial score (nSPS) is 30.0. The van der Waals surface area contributed by atoms with Crippen molar-refractivity contribution in [2.24, 2.45) is 23.7 Å². The molecule has 8 aliphatic rings. The van der Waals surface area contributed by atoms with E-state index in [-0.39, 0.29) is 5.41 Å². The fourth-order valence-electron chi connectivity index (χ4n) is 11.2. The zero-order chi connectivity index (χ0) is 34.2. The monoisotopic (exact) mass is 681 g/mol. The molecule has 0 N–H and O–H groups in total. The van der Waals surface area contributed by atoms with Crippen LogP contribution in [0.3, 0.4) is 0 Å². The van der Waals surface area contributed by atoms with Crippen LogP contribution in [-0.4, -0.2) is 4.57 Å². The maximum absolute atomic E-state index is 7.11. The maximum Gasteiger partial charge on any atom is 0.131 e. The van der Waals surface area contributed by atoms with Gasteiger partial charge in [-0.15, -0.1) is 0 Å². The van der Waals surface area contributed by atoms with Gasteiger partial charge in [0, 0.05) is 46.3 Å². The molecule has 6 aliphatic carbocycles. The predicted octanol–water partition coefficient (Wildman–Crippen LogP) is 12.2. The topological polar surface area (TPSA) is 23.4 Å². The smallest absolute Gasteiger partial charge is 0.131 e. The molecule has 5 unspecified atom stereocenters. The molecule has 3 heterocycles. The number of para-hydroxylation sites is 2. The second kappa shape index (κ2) is 12.2. The molecule has 2 aromatic carbocycles. The van der Waals surface area contributed by atoms with Crippen LogP contribution in [0.4, 0.5) is 0 Å². The van der Waals surface area contributed by atoms with E-state index in [9.17, 15) is 0 Å². The summed E-state index contributed by atoms with van der Waals surface area (Å²) in [5, 5.41) is 1.39. The van der Waals surface area contributed by atoms with E-state index in [0.29, 0.717) is 23.7 Å². The molecule has 0 saturated heterocycles. The number of fused-ring (bicyclic) bond motifs is 9. The molecule has 1 aromatic heterocycles.